The van der Waals surface area contributed by atoms with Crippen molar-refractivity contribution in [2.75, 3.05) is 6.54 Å². The van der Waals surface area contributed by atoms with Gasteiger partial charge in [0.25, 0.3) is 0 Å². The molecule has 1 aromatic rings. The van der Waals surface area contributed by atoms with Crippen molar-refractivity contribution in [3.63, 3.8) is 0 Å². The third kappa shape index (κ3) is 2.21. The second-order valence-electron chi connectivity index (χ2n) is 4.36. The van der Waals surface area contributed by atoms with Crippen molar-refractivity contribution in [3.05, 3.63) is 34.6 Å². The first kappa shape index (κ1) is 11.8. The first-order valence-electron chi connectivity index (χ1n) is 5.52. The van der Waals surface area contributed by atoms with Crippen LogP contribution in [-0.2, 0) is 6.54 Å². The summed E-state index contributed by atoms with van der Waals surface area (Å²) in [6.45, 7) is 3.53. The van der Waals surface area contributed by atoms with Crippen LogP contribution in [0.5, 0.6) is 0 Å². The molecule has 0 aromatic heterocycles. The Kier molecular flexibility index (Phi) is 3.47. The number of likely N-dealkylation sites (tertiary alicyclic amines) is 1. The Balaban J connectivity index is 2.15. The summed E-state index contributed by atoms with van der Waals surface area (Å²) in [5.74, 6) is -0.236. The van der Waals surface area contributed by atoms with Crippen LogP contribution < -0.4 is 5.73 Å². The van der Waals surface area contributed by atoms with Crippen LogP contribution >= 0.6 is 11.6 Å². The summed E-state index contributed by atoms with van der Waals surface area (Å²) in [6, 6.07) is 5.27. The Morgan fingerprint density at radius 3 is 2.88 bits per heavy atom. The van der Waals surface area contributed by atoms with Gasteiger partial charge in [0.05, 0.1) is 0 Å². The summed E-state index contributed by atoms with van der Waals surface area (Å²) >= 11 is 5.99. The number of hydrogen-bond donors (Lipinski definition) is 1. The van der Waals surface area contributed by atoms with E-state index in [1.54, 1.807) is 12.1 Å². The monoisotopic (exact) mass is 242 g/mol. The molecule has 2 N–H and O–H groups in total. The third-order valence-corrected chi connectivity index (χ3v) is 3.72. The Morgan fingerprint density at radius 1 is 1.56 bits per heavy atom. The SMILES string of the molecule is CC1C(N)CCN1Cc1c(F)cccc1Cl. The molecule has 2 atom stereocenters. The summed E-state index contributed by atoms with van der Waals surface area (Å²) < 4.78 is 13.6. The van der Waals surface area contributed by atoms with Crippen LogP contribution in [0.15, 0.2) is 18.2 Å². The molecular formula is C12H16ClFN2. The van der Waals surface area contributed by atoms with Crippen LogP contribution in [0.2, 0.25) is 5.02 Å². The predicted octanol–water partition coefficient (Wildman–Crippen LogP) is 2.40. The first-order valence-corrected chi connectivity index (χ1v) is 5.90. The number of hydrogen-bond acceptors (Lipinski definition) is 2. The topological polar surface area (TPSA) is 29.3 Å². The zero-order chi connectivity index (χ0) is 11.7. The fourth-order valence-electron chi connectivity index (χ4n) is 2.14. The molecular weight excluding hydrogens is 227 g/mol. The van der Waals surface area contributed by atoms with E-state index in [4.69, 9.17) is 17.3 Å². The van der Waals surface area contributed by atoms with Gasteiger partial charge in [-0.05, 0) is 25.5 Å². The molecule has 0 saturated carbocycles. The predicted molar refractivity (Wildman–Crippen MR) is 63.9 cm³/mol. The van der Waals surface area contributed by atoms with Crippen LogP contribution in [0, 0.1) is 5.82 Å². The molecule has 2 nitrogen and oxygen atoms in total. The van der Waals surface area contributed by atoms with Gasteiger partial charge in [0.1, 0.15) is 5.82 Å². The van der Waals surface area contributed by atoms with E-state index in [1.807, 2.05) is 0 Å². The largest absolute Gasteiger partial charge is 0.326 e. The molecule has 1 fully saturated rings. The minimum atomic E-state index is -0.236. The normalized spacial score (nSPS) is 26.2. The molecule has 88 valence electrons. The lowest BCUT2D eigenvalue weighted by Gasteiger charge is -2.23. The molecule has 2 unspecified atom stereocenters. The van der Waals surface area contributed by atoms with Gasteiger partial charge in [0, 0.05) is 35.8 Å². The molecule has 1 saturated heterocycles. The minimum absolute atomic E-state index is 0.186. The van der Waals surface area contributed by atoms with E-state index in [0.29, 0.717) is 17.1 Å². The fourth-order valence-corrected chi connectivity index (χ4v) is 2.36. The summed E-state index contributed by atoms with van der Waals surface area (Å²) in [5, 5.41) is 0.493. The van der Waals surface area contributed by atoms with Crippen molar-refractivity contribution >= 4 is 11.6 Å². The second-order valence-corrected chi connectivity index (χ2v) is 4.77. The number of nitrogens with two attached hydrogens (primary N) is 1. The summed E-state index contributed by atoms with van der Waals surface area (Å²) in [7, 11) is 0. The molecule has 4 heteroatoms. The third-order valence-electron chi connectivity index (χ3n) is 3.37. The van der Waals surface area contributed by atoms with Gasteiger partial charge in [-0.15, -0.1) is 0 Å². The van der Waals surface area contributed by atoms with Gasteiger partial charge in [0.2, 0.25) is 0 Å². The Hall–Kier alpha value is -0.640. The summed E-state index contributed by atoms with van der Waals surface area (Å²) in [6.07, 6.45) is 0.966. The Labute approximate surface area is 100 Å². The number of benzene rings is 1. The molecule has 0 bridgehead atoms. The van der Waals surface area contributed by atoms with Crippen LogP contribution in [0.3, 0.4) is 0 Å². The number of rotatable bonds is 2. The van der Waals surface area contributed by atoms with E-state index in [9.17, 15) is 4.39 Å². The van der Waals surface area contributed by atoms with Gasteiger partial charge in [-0.3, -0.25) is 4.90 Å². The van der Waals surface area contributed by atoms with Gasteiger partial charge >= 0.3 is 0 Å². The average Bonchev–Trinajstić information content (AvgIpc) is 2.55. The molecule has 2 rings (SSSR count). The highest BCUT2D eigenvalue weighted by molar-refractivity contribution is 6.31. The molecule has 1 heterocycles. The van der Waals surface area contributed by atoms with Gasteiger partial charge in [-0.1, -0.05) is 17.7 Å². The zero-order valence-corrected chi connectivity index (χ0v) is 10.0. The zero-order valence-electron chi connectivity index (χ0n) is 9.29. The molecule has 1 aliphatic rings. The van der Waals surface area contributed by atoms with E-state index in [0.717, 1.165) is 13.0 Å². The lowest BCUT2D eigenvalue weighted by atomic mass is 10.1. The molecule has 16 heavy (non-hydrogen) atoms. The highest BCUT2D eigenvalue weighted by Gasteiger charge is 2.28. The maximum atomic E-state index is 13.6. The highest BCUT2D eigenvalue weighted by Crippen LogP contribution is 2.24. The van der Waals surface area contributed by atoms with Crippen molar-refractivity contribution < 1.29 is 4.39 Å². The standard InChI is InChI=1S/C12H16ClFN2/c1-8-12(15)5-6-16(8)7-9-10(13)3-2-4-11(9)14/h2-4,8,12H,5-7,15H2,1H3. The van der Waals surface area contributed by atoms with Gasteiger partial charge in [-0.25, -0.2) is 4.39 Å². The van der Waals surface area contributed by atoms with Crippen molar-refractivity contribution in [2.24, 2.45) is 5.73 Å². The number of nitrogens with zero attached hydrogens (tertiary/aromatic N) is 1. The summed E-state index contributed by atoms with van der Waals surface area (Å²) in [4.78, 5) is 2.18. The molecule has 0 aliphatic carbocycles. The summed E-state index contributed by atoms with van der Waals surface area (Å²) in [5.41, 5.74) is 6.50. The Bertz CT molecular complexity index is 363. The van der Waals surface area contributed by atoms with E-state index in [-0.39, 0.29) is 17.9 Å². The van der Waals surface area contributed by atoms with Crippen molar-refractivity contribution in [3.8, 4) is 0 Å². The maximum Gasteiger partial charge on any atom is 0.129 e. The first-order chi connectivity index (χ1) is 7.59. The minimum Gasteiger partial charge on any atom is -0.326 e. The van der Waals surface area contributed by atoms with E-state index < -0.39 is 0 Å². The van der Waals surface area contributed by atoms with Crippen LogP contribution in [-0.4, -0.2) is 23.5 Å². The molecule has 1 aromatic carbocycles. The van der Waals surface area contributed by atoms with Crippen molar-refractivity contribution in [1.82, 2.24) is 4.90 Å². The van der Waals surface area contributed by atoms with E-state index >= 15 is 0 Å². The molecule has 1 aliphatic heterocycles. The molecule has 0 radical (unpaired) electrons. The smallest absolute Gasteiger partial charge is 0.129 e. The van der Waals surface area contributed by atoms with Gasteiger partial charge < -0.3 is 5.73 Å². The van der Waals surface area contributed by atoms with Crippen molar-refractivity contribution in [2.45, 2.75) is 32.0 Å². The quantitative estimate of drug-likeness (QED) is 0.863. The van der Waals surface area contributed by atoms with Crippen LogP contribution in [0.4, 0.5) is 4.39 Å². The Morgan fingerprint density at radius 2 is 2.31 bits per heavy atom. The second kappa shape index (κ2) is 4.70. The molecule has 0 amide bonds. The van der Waals surface area contributed by atoms with Crippen LogP contribution in [0.1, 0.15) is 18.9 Å². The molecule has 0 spiro atoms. The fraction of sp³-hybridized carbons (Fsp3) is 0.500. The average molecular weight is 243 g/mol. The van der Waals surface area contributed by atoms with Gasteiger partial charge in [0.15, 0.2) is 0 Å². The van der Waals surface area contributed by atoms with E-state index in [1.165, 1.54) is 6.07 Å². The lowest BCUT2D eigenvalue weighted by Crippen LogP contribution is -2.36. The highest BCUT2D eigenvalue weighted by atomic mass is 35.5. The van der Waals surface area contributed by atoms with Crippen LogP contribution in [0.25, 0.3) is 0 Å². The maximum absolute atomic E-state index is 13.6. The van der Waals surface area contributed by atoms with E-state index in [2.05, 4.69) is 11.8 Å². The van der Waals surface area contributed by atoms with Crippen molar-refractivity contribution in [1.29, 1.82) is 0 Å². The van der Waals surface area contributed by atoms with Gasteiger partial charge in [-0.2, -0.15) is 0 Å². The lowest BCUT2D eigenvalue weighted by molar-refractivity contribution is 0.248. The number of halogens is 2.